The zero-order chi connectivity index (χ0) is 10.6. The average molecular weight is 216 g/mol. The third-order valence-electron chi connectivity index (χ3n) is 1.89. The van der Waals surface area contributed by atoms with E-state index in [4.69, 9.17) is 10.8 Å². The first-order valence-electron chi connectivity index (χ1n) is 4.24. The molecule has 1 aromatic heterocycles. The molecule has 0 spiro atoms. The van der Waals surface area contributed by atoms with E-state index in [1.165, 1.54) is 6.07 Å². The molecule has 1 aromatic rings. The van der Waals surface area contributed by atoms with Crippen molar-refractivity contribution < 1.29 is 10.0 Å². The third kappa shape index (κ3) is 2.76. The average Bonchev–Trinajstić information content (AvgIpc) is 2.62. The van der Waals surface area contributed by atoms with E-state index in [9.17, 15) is 10.1 Å². The maximum atomic E-state index is 10.4. The van der Waals surface area contributed by atoms with Crippen molar-refractivity contribution in [3.05, 3.63) is 27.1 Å². The number of nitrogens with two attached hydrogens (primary N) is 1. The number of nitrogens with zero attached hydrogens (tertiary/aromatic N) is 1. The normalized spacial score (nSPS) is 12.7. The smallest absolute Gasteiger partial charge is 0.324 e. The molecule has 0 fully saturated rings. The summed E-state index contributed by atoms with van der Waals surface area (Å²) >= 11 is 1.08. The molecular formula is C8H12N2O3S. The Labute approximate surface area is 85.3 Å². The van der Waals surface area contributed by atoms with E-state index < -0.39 is 4.92 Å². The van der Waals surface area contributed by atoms with E-state index in [2.05, 4.69) is 0 Å². The lowest BCUT2D eigenvalue weighted by Gasteiger charge is -2.06. The van der Waals surface area contributed by atoms with Crippen LogP contribution in [0.5, 0.6) is 0 Å². The Morgan fingerprint density at radius 2 is 2.43 bits per heavy atom. The number of hydrogen-bond donors (Lipinski definition) is 2. The third-order valence-corrected chi connectivity index (χ3v) is 2.79. The van der Waals surface area contributed by atoms with Gasteiger partial charge >= 0.3 is 5.00 Å². The Hall–Kier alpha value is -0.980. The molecule has 0 saturated heterocycles. The number of aliphatic hydroxyl groups is 1. The molecule has 0 radical (unpaired) electrons. The van der Waals surface area contributed by atoms with Crippen LogP contribution in [-0.2, 0) is 0 Å². The van der Waals surface area contributed by atoms with Gasteiger partial charge in [-0.15, -0.1) is 0 Å². The van der Waals surface area contributed by atoms with Crippen LogP contribution in [0.15, 0.2) is 11.4 Å². The Balaban J connectivity index is 2.61. The van der Waals surface area contributed by atoms with Crippen molar-refractivity contribution in [2.24, 2.45) is 5.73 Å². The van der Waals surface area contributed by atoms with Gasteiger partial charge in [0.25, 0.3) is 0 Å². The van der Waals surface area contributed by atoms with Crippen LogP contribution in [-0.4, -0.2) is 16.6 Å². The van der Waals surface area contributed by atoms with Crippen molar-refractivity contribution in [1.29, 1.82) is 0 Å². The second-order valence-corrected chi connectivity index (χ2v) is 3.84. The van der Waals surface area contributed by atoms with Crippen molar-refractivity contribution in [2.45, 2.75) is 18.9 Å². The van der Waals surface area contributed by atoms with Crippen LogP contribution < -0.4 is 5.73 Å². The molecule has 5 nitrogen and oxygen atoms in total. The zero-order valence-electron chi connectivity index (χ0n) is 7.55. The van der Waals surface area contributed by atoms with Gasteiger partial charge in [-0.05, 0) is 18.4 Å². The standard InChI is InChI=1S/C8H12N2O3S/c9-7(2-1-3-11)6-4-8(10(12)13)14-5-6/h4-5,7,11H,1-3,9H2/t7-/m1/s1. The molecule has 14 heavy (non-hydrogen) atoms. The fourth-order valence-corrected chi connectivity index (χ4v) is 1.90. The highest BCUT2D eigenvalue weighted by Crippen LogP contribution is 2.27. The van der Waals surface area contributed by atoms with Crippen LogP contribution in [0, 0.1) is 10.1 Å². The molecule has 0 amide bonds. The van der Waals surface area contributed by atoms with Crippen LogP contribution in [0.25, 0.3) is 0 Å². The molecular weight excluding hydrogens is 204 g/mol. The minimum Gasteiger partial charge on any atom is -0.396 e. The van der Waals surface area contributed by atoms with Crippen molar-refractivity contribution in [3.63, 3.8) is 0 Å². The topological polar surface area (TPSA) is 89.4 Å². The summed E-state index contributed by atoms with van der Waals surface area (Å²) in [5.41, 5.74) is 6.54. The Morgan fingerprint density at radius 1 is 1.71 bits per heavy atom. The maximum absolute atomic E-state index is 10.4. The molecule has 0 aliphatic heterocycles. The number of rotatable bonds is 5. The van der Waals surface area contributed by atoms with E-state index in [-0.39, 0.29) is 17.6 Å². The molecule has 0 aliphatic rings. The lowest BCUT2D eigenvalue weighted by molar-refractivity contribution is -0.380. The summed E-state index contributed by atoms with van der Waals surface area (Å²) in [6.07, 6.45) is 1.26. The number of nitro groups is 1. The van der Waals surface area contributed by atoms with Gasteiger partial charge in [-0.2, -0.15) is 0 Å². The van der Waals surface area contributed by atoms with Crippen molar-refractivity contribution in [3.8, 4) is 0 Å². The Bertz CT molecular complexity index is 313. The molecule has 0 saturated carbocycles. The highest BCUT2D eigenvalue weighted by atomic mass is 32.1. The van der Waals surface area contributed by atoms with E-state index in [1.54, 1.807) is 5.38 Å². The largest absolute Gasteiger partial charge is 0.396 e. The van der Waals surface area contributed by atoms with E-state index in [0.29, 0.717) is 12.8 Å². The molecule has 1 atom stereocenters. The minimum absolute atomic E-state index is 0.0972. The van der Waals surface area contributed by atoms with Gasteiger partial charge in [0.2, 0.25) is 0 Å². The van der Waals surface area contributed by atoms with Crippen LogP contribution in [0.3, 0.4) is 0 Å². The summed E-state index contributed by atoms with van der Waals surface area (Å²) in [4.78, 5) is 9.96. The van der Waals surface area contributed by atoms with Gasteiger partial charge in [-0.1, -0.05) is 11.3 Å². The van der Waals surface area contributed by atoms with Crippen LogP contribution in [0.4, 0.5) is 5.00 Å². The monoisotopic (exact) mass is 216 g/mol. The highest BCUT2D eigenvalue weighted by Gasteiger charge is 2.13. The van der Waals surface area contributed by atoms with E-state index >= 15 is 0 Å². The Kier molecular flexibility index (Phi) is 3.99. The molecule has 0 unspecified atom stereocenters. The molecule has 1 heterocycles. The van der Waals surface area contributed by atoms with Gasteiger partial charge in [-0.25, -0.2) is 0 Å². The second-order valence-electron chi connectivity index (χ2n) is 2.95. The summed E-state index contributed by atoms with van der Waals surface area (Å²) in [6, 6.07) is 1.28. The quantitative estimate of drug-likeness (QED) is 0.575. The SMILES string of the molecule is N[C@H](CCCO)c1csc([N+](=O)[O-])c1. The predicted octanol–water partition coefficient (Wildman–Crippen LogP) is 1.43. The second kappa shape index (κ2) is 5.04. The van der Waals surface area contributed by atoms with Gasteiger partial charge in [0.1, 0.15) is 0 Å². The first-order valence-corrected chi connectivity index (χ1v) is 5.12. The molecule has 0 aromatic carbocycles. The van der Waals surface area contributed by atoms with Gasteiger partial charge in [0.05, 0.1) is 4.92 Å². The van der Waals surface area contributed by atoms with Crippen molar-refractivity contribution in [2.75, 3.05) is 6.61 Å². The summed E-state index contributed by atoms with van der Waals surface area (Å²) in [5, 5.41) is 20.8. The lowest BCUT2D eigenvalue weighted by atomic mass is 10.1. The first kappa shape index (κ1) is 11.1. The zero-order valence-corrected chi connectivity index (χ0v) is 8.37. The van der Waals surface area contributed by atoms with Crippen LogP contribution in [0.2, 0.25) is 0 Å². The Morgan fingerprint density at radius 3 is 2.93 bits per heavy atom. The van der Waals surface area contributed by atoms with E-state index in [1.807, 2.05) is 0 Å². The highest BCUT2D eigenvalue weighted by molar-refractivity contribution is 7.13. The fraction of sp³-hybridized carbons (Fsp3) is 0.500. The van der Waals surface area contributed by atoms with Gasteiger partial charge in [0.15, 0.2) is 0 Å². The number of hydrogen-bond acceptors (Lipinski definition) is 5. The number of aliphatic hydroxyl groups excluding tert-OH is 1. The predicted molar refractivity (Wildman–Crippen MR) is 54.2 cm³/mol. The minimum atomic E-state index is -0.424. The summed E-state index contributed by atoms with van der Waals surface area (Å²) < 4.78 is 0. The molecule has 0 bridgehead atoms. The van der Waals surface area contributed by atoms with Crippen molar-refractivity contribution >= 4 is 16.3 Å². The first-order chi connectivity index (χ1) is 6.65. The molecule has 0 aliphatic carbocycles. The van der Waals surface area contributed by atoms with Crippen molar-refractivity contribution in [1.82, 2.24) is 0 Å². The maximum Gasteiger partial charge on any atom is 0.324 e. The molecule has 3 N–H and O–H groups in total. The van der Waals surface area contributed by atoms with Crippen LogP contribution in [0.1, 0.15) is 24.4 Å². The molecule has 6 heteroatoms. The number of thiophene rings is 1. The van der Waals surface area contributed by atoms with Gasteiger partial charge in [0, 0.05) is 24.1 Å². The lowest BCUT2D eigenvalue weighted by Crippen LogP contribution is -2.09. The summed E-state index contributed by atoms with van der Waals surface area (Å²) in [6.45, 7) is 0.0972. The molecule has 78 valence electrons. The summed E-state index contributed by atoms with van der Waals surface area (Å²) in [5.74, 6) is 0. The fourth-order valence-electron chi connectivity index (χ4n) is 1.11. The van der Waals surface area contributed by atoms with Gasteiger partial charge < -0.3 is 10.8 Å². The van der Waals surface area contributed by atoms with Crippen LogP contribution >= 0.6 is 11.3 Å². The molecule has 1 rings (SSSR count). The van der Waals surface area contributed by atoms with E-state index in [0.717, 1.165) is 16.9 Å². The summed E-state index contributed by atoms with van der Waals surface area (Å²) in [7, 11) is 0. The van der Waals surface area contributed by atoms with Gasteiger partial charge in [-0.3, -0.25) is 10.1 Å².